The minimum absolute atomic E-state index is 0.0325. The summed E-state index contributed by atoms with van der Waals surface area (Å²) in [5.41, 5.74) is -1.52. The summed E-state index contributed by atoms with van der Waals surface area (Å²) < 4.78 is 0. The Hall–Kier alpha value is -3.37. The van der Waals surface area contributed by atoms with E-state index in [0.29, 0.717) is 0 Å². The quantitative estimate of drug-likeness (QED) is 0.455. The average Bonchev–Trinajstić information content (AvgIpc) is 2.49. The minimum atomic E-state index is -0.993. The summed E-state index contributed by atoms with van der Waals surface area (Å²) in [6.07, 6.45) is 0.108. The Morgan fingerprint density at radius 1 is 1.25 bits per heavy atom. The molecule has 1 heterocycles. The molecule has 1 saturated heterocycles. The minimum Gasteiger partial charge on any atom is -0.340 e. The average molecular weight is 336 g/mol. The molecule has 11 nitrogen and oxygen atoms in total. The number of non-ortho nitro benzene ring substituents is 1. The second kappa shape index (κ2) is 6.40. The lowest BCUT2D eigenvalue weighted by Crippen LogP contribution is -2.52. The SMILES string of the molecule is Cc1c(C(=O)NC2CCC(=O)NC2=O)cc([N+](=O)[O-])cc1[N+](=O)[O-]. The van der Waals surface area contributed by atoms with Crippen LogP contribution in [0.2, 0.25) is 0 Å². The molecule has 0 aliphatic carbocycles. The van der Waals surface area contributed by atoms with Crippen molar-refractivity contribution < 1.29 is 24.2 Å². The second-order valence-electron chi connectivity index (χ2n) is 5.13. The van der Waals surface area contributed by atoms with Gasteiger partial charge in [-0.15, -0.1) is 0 Å². The maximum atomic E-state index is 12.3. The fourth-order valence-corrected chi connectivity index (χ4v) is 2.28. The summed E-state index contributed by atoms with van der Waals surface area (Å²) in [5, 5.41) is 26.3. The van der Waals surface area contributed by atoms with E-state index in [1.165, 1.54) is 6.92 Å². The molecule has 1 aliphatic rings. The van der Waals surface area contributed by atoms with Crippen molar-refractivity contribution in [2.45, 2.75) is 25.8 Å². The van der Waals surface area contributed by atoms with Crippen molar-refractivity contribution in [3.8, 4) is 0 Å². The Morgan fingerprint density at radius 3 is 2.46 bits per heavy atom. The summed E-state index contributed by atoms with van der Waals surface area (Å²) in [6.45, 7) is 1.28. The Labute approximate surface area is 134 Å². The van der Waals surface area contributed by atoms with Crippen LogP contribution in [0.4, 0.5) is 11.4 Å². The van der Waals surface area contributed by atoms with E-state index in [2.05, 4.69) is 10.6 Å². The number of nitrogens with zero attached hydrogens (tertiary/aromatic N) is 2. The number of hydrogen-bond donors (Lipinski definition) is 2. The third-order valence-electron chi connectivity index (χ3n) is 3.56. The Kier molecular flexibility index (Phi) is 4.53. The molecule has 3 amide bonds. The normalized spacial score (nSPS) is 17.1. The van der Waals surface area contributed by atoms with Crippen molar-refractivity contribution in [2.24, 2.45) is 0 Å². The molecule has 1 atom stereocenters. The van der Waals surface area contributed by atoms with Crippen LogP contribution >= 0.6 is 0 Å². The van der Waals surface area contributed by atoms with Crippen molar-refractivity contribution in [3.05, 3.63) is 43.5 Å². The number of nitro groups is 2. The van der Waals surface area contributed by atoms with E-state index >= 15 is 0 Å². The van der Waals surface area contributed by atoms with Crippen LogP contribution in [0.3, 0.4) is 0 Å². The first-order valence-corrected chi connectivity index (χ1v) is 6.78. The van der Waals surface area contributed by atoms with E-state index in [0.717, 1.165) is 12.1 Å². The predicted octanol–water partition coefficient (Wildman–Crippen LogP) is 0.346. The third kappa shape index (κ3) is 3.34. The second-order valence-corrected chi connectivity index (χ2v) is 5.13. The molecule has 2 N–H and O–H groups in total. The zero-order valence-corrected chi connectivity index (χ0v) is 12.4. The van der Waals surface area contributed by atoms with Gasteiger partial charge in [-0.2, -0.15) is 0 Å². The molecule has 24 heavy (non-hydrogen) atoms. The Morgan fingerprint density at radius 2 is 1.92 bits per heavy atom. The van der Waals surface area contributed by atoms with Gasteiger partial charge in [0.15, 0.2) is 0 Å². The standard InChI is InChI=1S/C13H12N4O7/c1-6-8(4-7(16(21)22)5-10(6)17(23)24)12(19)14-9-2-3-11(18)15-13(9)20/h4-5,9H,2-3H2,1H3,(H,14,19)(H,15,18,20). The molecular formula is C13H12N4O7. The molecule has 2 rings (SSSR count). The first kappa shape index (κ1) is 17.0. The van der Waals surface area contributed by atoms with Crippen molar-refractivity contribution in [1.82, 2.24) is 10.6 Å². The first-order chi connectivity index (χ1) is 11.2. The summed E-state index contributed by atoms with van der Waals surface area (Å²) in [5.74, 6) is -2.03. The van der Waals surface area contributed by atoms with E-state index < -0.39 is 45.0 Å². The van der Waals surface area contributed by atoms with Crippen LogP contribution in [0.5, 0.6) is 0 Å². The summed E-state index contributed by atoms with van der Waals surface area (Å²) >= 11 is 0. The van der Waals surface area contributed by atoms with Gasteiger partial charge in [0.25, 0.3) is 17.3 Å². The van der Waals surface area contributed by atoms with Crippen LogP contribution in [0.1, 0.15) is 28.8 Å². The Balaban J connectivity index is 2.34. The van der Waals surface area contributed by atoms with Gasteiger partial charge in [-0.3, -0.25) is 39.9 Å². The fraction of sp³-hybridized carbons (Fsp3) is 0.308. The molecule has 11 heteroatoms. The Bertz CT molecular complexity index is 774. The van der Waals surface area contributed by atoms with Gasteiger partial charge in [0, 0.05) is 18.1 Å². The van der Waals surface area contributed by atoms with Crippen LogP contribution < -0.4 is 10.6 Å². The van der Waals surface area contributed by atoms with Crippen LogP contribution in [-0.2, 0) is 9.59 Å². The number of piperidine rings is 1. The lowest BCUT2D eigenvalue weighted by atomic mass is 10.0. The largest absolute Gasteiger partial charge is 0.340 e. The van der Waals surface area contributed by atoms with Gasteiger partial charge in [0.2, 0.25) is 11.8 Å². The van der Waals surface area contributed by atoms with E-state index in [1.807, 2.05) is 0 Å². The highest BCUT2D eigenvalue weighted by Crippen LogP contribution is 2.28. The van der Waals surface area contributed by atoms with Gasteiger partial charge in [-0.25, -0.2) is 0 Å². The first-order valence-electron chi connectivity index (χ1n) is 6.78. The summed E-state index contributed by atoms with van der Waals surface area (Å²) in [7, 11) is 0. The number of carbonyl (C=O) groups is 3. The highest BCUT2D eigenvalue weighted by atomic mass is 16.6. The topological polar surface area (TPSA) is 162 Å². The smallest absolute Gasteiger partial charge is 0.279 e. The van der Waals surface area contributed by atoms with Crippen molar-refractivity contribution in [2.75, 3.05) is 0 Å². The number of rotatable bonds is 4. The van der Waals surface area contributed by atoms with E-state index in [9.17, 15) is 34.6 Å². The molecule has 1 aromatic carbocycles. The number of nitrogens with one attached hydrogen (secondary N) is 2. The van der Waals surface area contributed by atoms with Crippen molar-refractivity contribution in [1.29, 1.82) is 0 Å². The lowest BCUT2D eigenvalue weighted by molar-refractivity contribution is -0.394. The van der Waals surface area contributed by atoms with Gasteiger partial charge < -0.3 is 5.32 Å². The van der Waals surface area contributed by atoms with Gasteiger partial charge >= 0.3 is 0 Å². The van der Waals surface area contributed by atoms with Gasteiger partial charge in [0.05, 0.1) is 21.5 Å². The zero-order chi connectivity index (χ0) is 18.0. The monoisotopic (exact) mass is 336 g/mol. The fourth-order valence-electron chi connectivity index (χ4n) is 2.28. The molecule has 0 bridgehead atoms. The molecule has 0 aromatic heterocycles. The number of imide groups is 1. The summed E-state index contributed by atoms with van der Waals surface area (Å²) in [6, 6.07) is 0.676. The van der Waals surface area contributed by atoms with Crippen LogP contribution in [0.15, 0.2) is 12.1 Å². The maximum absolute atomic E-state index is 12.3. The molecule has 1 unspecified atom stereocenters. The van der Waals surface area contributed by atoms with Crippen LogP contribution in [0, 0.1) is 27.2 Å². The highest BCUT2D eigenvalue weighted by Gasteiger charge is 2.30. The summed E-state index contributed by atoms with van der Waals surface area (Å²) in [4.78, 5) is 55.2. The van der Waals surface area contributed by atoms with Crippen molar-refractivity contribution >= 4 is 29.1 Å². The molecule has 1 fully saturated rings. The highest BCUT2D eigenvalue weighted by molar-refractivity contribution is 6.04. The number of amides is 3. The molecule has 0 spiro atoms. The number of carbonyl (C=O) groups excluding carboxylic acids is 3. The molecular weight excluding hydrogens is 324 g/mol. The van der Waals surface area contributed by atoms with Crippen molar-refractivity contribution in [3.63, 3.8) is 0 Å². The van der Waals surface area contributed by atoms with E-state index in [-0.39, 0.29) is 24.0 Å². The van der Waals surface area contributed by atoms with E-state index in [1.54, 1.807) is 0 Å². The lowest BCUT2D eigenvalue weighted by Gasteiger charge is -2.22. The number of nitro benzene ring substituents is 2. The van der Waals surface area contributed by atoms with Crippen LogP contribution in [0.25, 0.3) is 0 Å². The van der Waals surface area contributed by atoms with Gasteiger partial charge in [-0.05, 0) is 13.3 Å². The zero-order valence-electron chi connectivity index (χ0n) is 12.4. The van der Waals surface area contributed by atoms with E-state index in [4.69, 9.17) is 0 Å². The number of benzene rings is 1. The molecule has 1 aliphatic heterocycles. The van der Waals surface area contributed by atoms with Gasteiger partial charge in [0.1, 0.15) is 6.04 Å². The predicted molar refractivity (Wildman–Crippen MR) is 78.1 cm³/mol. The molecule has 1 aromatic rings. The van der Waals surface area contributed by atoms with Gasteiger partial charge in [-0.1, -0.05) is 0 Å². The molecule has 0 saturated carbocycles. The molecule has 126 valence electrons. The maximum Gasteiger partial charge on any atom is 0.279 e. The molecule has 0 radical (unpaired) electrons. The van der Waals surface area contributed by atoms with Crippen LogP contribution in [-0.4, -0.2) is 33.6 Å². The third-order valence-corrected chi connectivity index (χ3v) is 3.56. The number of hydrogen-bond acceptors (Lipinski definition) is 7.